The number of hydrogen-bond acceptors (Lipinski definition) is 1. The van der Waals surface area contributed by atoms with Crippen LogP contribution in [0.1, 0.15) is 0 Å². The van der Waals surface area contributed by atoms with Crippen LogP contribution in [0.2, 0.25) is 6.32 Å². The molecule has 0 aliphatic heterocycles. The summed E-state index contributed by atoms with van der Waals surface area (Å²) in [5.41, 5.74) is 0. The number of hydrogen-bond donors (Lipinski definition) is 0. The molecule has 1 nitrogen and oxygen atoms in total. The zero-order valence-electron chi connectivity index (χ0n) is 6.90. The molecule has 0 N–H and O–H groups in total. The lowest BCUT2D eigenvalue weighted by Gasteiger charge is -2.08. The summed E-state index contributed by atoms with van der Waals surface area (Å²) >= 11 is 6.70. The van der Waals surface area contributed by atoms with Crippen LogP contribution in [0.3, 0.4) is 0 Å². The van der Waals surface area contributed by atoms with Gasteiger partial charge in [-0.2, -0.15) is 0 Å². The van der Waals surface area contributed by atoms with Gasteiger partial charge < -0.3 is 9.05 Å². The fourth-order valence-corrected chi connectivity index (χ4v) is 2.08. The summed E-state index contributed by atoms with van der Waals surface area (Å²) in [5.74, 6) is 0.732. The van der Waals surface area contributed by atoms with Crippen molar-refractivity contribution < 1.29 is 9.05 Å². The van der Waals surface area contributed by atoms with Gasteiger partial charge in [-0.3, -0.25) is 0 Å². The molecule has 0 saturated heterocycles. The highest BCUT2D eigenvalue weighted by Crippen LogP contribution is 2.32. The third kappa shape index (κ3) is 3.31. The van der Waals surface area contributed by atoms with E-state index < -0.39 is 0 Å². The van der Waals surface area contributed by atoms with Gasteiger partial charge in [0.25, 0.3) is 0 Å². The van der Waals surface area contributed by atoms with Crippen LogP contribution in [0.5, 0.6) is 5.75 Å². The zero-order valence-corrected chi connectivity index (χ0v) is 10.1. The first kappa shape index (κ1) is 11.1. The maximum Gasteiger partial charge on any atom is 0.334 e. The fraction of sp³-hybridized carbons (Fsp3) is 0.250. The summed E-state index contributed by atoms with van der Waals surface area (Å²) in [4.78, 5) is 0. The highest BCUT2D eigenvalue weighted by molar-refractivity contribution is 9.11. The van der Waals surface area contributed by atoms with Crippen LogP contribution in [0.15, 0.2) is 27.1 Å². The average Bonchev–Trinajstić information content (AvgIpc) is 2.10. The van der Waals surface area contributed by atoms with Crippen LogP contribution in [0.4, 0.5) is 4.32 Å². The minimum atomic E-state index is -0.345. The number of halogens is 3. The lowest BCUT2D eigenvalue weighted by atomic mass is 10.0. The van der Waals surface area contributed by atoms with Crippen molar-refractivity contribution in [1.29, 1.82) is 0 Å². The van der Waals surface area contributed by atoms with E-state index in [1.54, 1.807) is 0 Å². The molecular weight excluding hydrogens is 302 g/mol. The SMILES string of the molecule is FBCCOc1c(Br)cccc1Br. The van der Waals surface area contributed by atoms with Crippen LogP contribution >= 0.6 is 31.9 Å². The molecule has 1 aromatic rings. The molecule has 0 aliphatic carbocycles. The van der Waals surface area contributed by atoms with Gasteiger partial charge in [0, 0.05) is 0 Å². The Kier molecular flexibility index (Phi) is 4.81. The van der Waals surface area contributed by atoms with Crippen LogP contribution in [0, 0.1) is 0 Å². The lowest BCUT2D eigenvalue weighted by Crippen LogP contribution is -1.99. The average molecular weight is 310 g/mol. The second kappa shape index (κ2) is 5.65. The molecule has 0 atom stereocenters. The molecule has 1 aromatic carbocycles. The Balaban J connectivity index is 2.64. The Hall–Kier alpha value is -0.0251. The highest BCUT2D eigenvalue weighted by atomic mass is 79.9. The molecule has 0 heterocycles. The number of benzene rings is 1. The van der Waals surface area contributed by atoms with E-state index in [1.165, 1.54) is 0 Å². The van der Waals surface area contributed by atoms with E-state index in [0.717, 1.165) is 14.7 Å². The molecule has 0 amide bonds. The van der Waals surface area contributed by atoms with Crippen molar-refractivity contribution in [3.05, 3.63) is 27.1 Å². The monoisotopic (exact) mass is 308 g/mol. The minimum absolute atomic E-state index is 0.345. The summed E-state index contributed by atoms with van der Waals surface area (Å²) in [7, 11) is -0.345. The van der Waals surface area contributed by atoms with Gasteiger partial charge in [-0.25, -0.2) is 0 Å². The van der Waals surface area contributed by atoms with Gasteiger partial charge in [0.15, 0.2) is 0 Å². The van der Waals surface area contributed by atoms with Gasteiger partial charge in [-0.1, -0.05) is 6.07 Å². The quantitative estimate of drug-likeness (QED) is 0.612. The smallest absolute Gasteiger partial charge is 0.334 e. The molecule has 0 spiro atoms. The van der Waals surface area contributed by atoms with E-state index in [2.05, 4.69) is 31.9 Å². The van der Waals surface area contributed by atoms with Crippen LogP contribution < -0.4 is 4.74 Å². The van der Waals surface area contributed by atoms with Crippen molar-refractivity contribution >= 4 is 39.4 Å². The molecule has 0 bridgehead atoms. The van der Waals surface area contributed by atoms with Crippen LogP contribution in [0.25, 0.3) is 0 Å². The zero-order chi connectivity index (χ0) is 9.68. The van der Waals surface area contributed by atoms with Crippen LogP contribution in [-0.2, 0) is 0 Å². The summed E-state index contributed by atoms with van der Waals surface area (Å²) in [6.07, 6.45) is 0.424. The summed E-state index contributed by atoms with van der Waals surface area (Å²) in [6, 6.07) is 5.67. The normalized spacial score (nSPS) is 9.77. The molecule has 5 heteroatoms. The molecule has 0 aromatic heterocycles. The third-order valence-corrected chi connectivity index (χ3v) is 2.69. The minimum Gasteiger partial charge on any atom is -0.492 e. The molecule has 1 rings (SSSR count). The van der Waals surface area contributed by atoms with Crippen molar-refractivity contribution in [3.63, 3.8) is 0 Å². The Morgan fingerprint density at radius 2 is 1.92 bits per heavy atom. The first-order valence-electron chi connectivity index (χ1n) is 3.88. The topological polar surface area (TPSA) is 9.23 Å². The van der Waals surface area contributed by atoms with Gasteiger partial charge >= 0.3 is 7.56 Å². The summed E-state index contributed by atoms with van der Waals surface area (Å²) < 4.78 is 18.9. The van der Waals surface area contributed by atoms with Gasteiger partial charge in [0.05, 0.1) is 15.6 Å². The molecule has 0 unspecified atom stereocenters. The Morgan fingerprint density at radius 3 is 2.46 bits per heavy atom. The maximum absolute atomic E-state index is 11.8. The van der Waals surface area contributed by atoms with E-state index in [4.69, 9.17) is 4.74 Å². The molecule has 70 valence electrons. The molecule has 0 aliphatic rings. The standard InChI is InChI=1S/C8H8BBr2FO/c10-6-2-1-3-7(11)8(6)13-5-4-9-12/h1-3,9H,4-5H2. The van der Waals surface area contributed by atoms with Crippen molar-refractivity contribution in [2.24, 2.45) is 0 Å². The van der Waals surface area contributed by atoms with Crippen LogP contribution in [-0.4, -0.2) is 14.2 Å². The summed E-state index contributed by atoms with van der Waals surface area (Å²) in [6.45, 7) is 0.401. The molecule has 0 saturated carbocycles. The summed E-state index contributed by atoms with van der Waals surface area (Å²) in [5, 5.41) is 0. The Labute approximate surface area is 94.2 Å². The van der Waals surface area contributed by atoms with Gasteiger partial charge in [-0.05, 0) is 50.3 Å². The predicted octanol–water partition coefficient (Wildman–Crippen LogP) is 3.33. The largest absolute Gasteiger partial charge is 0.492 e. The van der Waals surface area contributed by atoms with Gasteiger partial charge in [0.1, 0.15) is 5.75 Å². The predicted molar refractivity (Wildman–Crippen MR) is 60.4 cm³/mol. The Bertz CT molecular complexity index is 263. The van der Waals surface area contributed by atoms with Crippen molar-refractivity contribution in [2.75, 3.05) is 6.61 Å². The number of para-hydroxylation sites is 1. The van der Waals surface area contributed by atoms with E-state index in [0.29, 0.717) is 12.9 Å². The number of rotatable bonds is 4. The first-order valence-corrected chi connectivity index (χ1v) is 5.47. The van der Waals surface area contributed by atoms with E-state index >= 15 is 0 Å². The second-order valence-electron chi connectivity index (χ2n) is 2.44. The van der Waals surface area contributed by atoms with Gasteiger partial charge in [-0.15, -0.1) is 0 Å². The molecule has 0 radical (unpaired) electrons. The highest BCUT2D eigenvalue weighted by Gasteiger charge is 2.04. The maximum atomic E-state index is 11.8. The van der Waals surface area contributed by atoms with E-state index in [-0.39, 0.29) is 7.56 Å². The van der Waals surface area contributed by atoms with Gasteiger partial charge in [0.2, 0.25) is 0 Å². The molecule has 13 heavy (non-hydrogen) atoms. The van der Waals surface area contributed by atoms with E-state index in [1.807, 2.05) is 18.2 Å². The van der Waals surface area contributed by atoms with Crippen molar-refractivity contribution in [1.82, 2.24) is 0 Å². The van der Waals surface area contributed by atoms with E-state index in [9.17, 15) is 4.32 Å². The first-order chi connectivity index (χ1) is 6.25. The molecule has 0 fully saturated rings. The Morgan fingerprint density at radius 1 is 1.31 bits per heavy atom. The second-order valence-corrected chi connectivity index (χ2v) is 4.15. The third-order valence-electron chi connectivity index (χ3n) is 1.44. The fourth-order valence-electron chi connectivity index (χ4n) is 0.849. The lowest BCUT2D eigenvalue weighted by molar-refractivity contribution is 0.334. The van der Waals surface area contributed by atoms with Crippen molar-refractivity contribution in [3.8, 4) is 5.75 Å². The van der Waals surface area contributed by atoms with Crippen molar-refractivity contribution in [2.45, 2.75) is 6.32 Å². The number of ether oxygens (including phenoxy) is 1. The molecular formula is C8H8BBr2FO.